The summed E-state index contributed by atoms with van der Waals surface area (Å²) in [6.45, 7) is 1.07. The van der Waals surface area contributed by atoms with Crippen LogP contribution in [0.4, 0.5) is 14.5 Å². The quantitative estimate of drug-likeness (QED) is 0.650. The highest BCUT2D eigenvalue weighted by Crippen LogP contribution is 2.35. The predicted molar refractivity (Wildman–Crippen MR) is 109 cm³/mol. The molecule has 30 heavy (non-hydrogen) atoms. The Kier molecular flexibility index (Phi) is 5.57. The van der Waals surface area contributed by atoms with E-state index in [-0.39, 0.29) is 35.0 Å². The first-order valence-electron chi connectivity index (χ1n) is 9.56. The van der Waals surface area contributed by atoms with Gasteiger partial charge in [0.25, 0.3) is 10.0 Å². The molecule has 3 aromatic rings. The molecule has 0 bridgehead atoms. The molecule has 0 saturated carbocycles. The average molecular weight is 432 g/mol. The van der Waals surface area contributed by atoms with Gasteiger partial charge in [0.05, 0.1) is 6.33 Å². The molecular formula is C21H22F2N4O2S. The van der Waals surface area contributed by atoms with Crippen LogP contribution in [0, 0.1) is 17.6 Å². The SMILES string of the molecule is Cn1cnc(S(=O)(=O)N2C[C@H](CNc3ccc(F)cc3)[C@@H](c3ccc(F)cc3)C2)c1. The number of hydrogen-bond donors (Lipinski definition) is 1. The van der Waals surface area contributed by atoms with Crippen molar-refractivity contribution in [1.29, 1.82) is 0 Å². The number of rotatable bonds is 6. The lowest BCUT2D eigenvalue weighted by Crippen LogP contribution is -2.30. The van der Waals surface area contributed by atoms with Gasteiger partial charge in [0.1, 0.15) is 11.6 Å². The number of imidazole rings is 1. The van der Waals surface area contributed by atoms with Gasteiger partial charge in [0.2, 0.25) is 0 Å². The third kappa shape index (κ3) is 4.22. The van der Waals surface area contributed by atoms with Crippen molar-refractivity contribution < 1.29 is 17.2 Å². The first-order chi connectivity index (χ1) is 14.3. The highest BCUT2D eigenvalue weighted by molar-refractivity contribution is 7.89. The predicted octanol–water partition coefficient (Wildman–Crippen LogP) is 3.21. The number of nitrogens with zero attached hydrogens (tertiary/aromatic N) is 3. The third-order valence-electron chi connectivity index (χ3n) is 5.40. The molecule has 1 N–H and O–H groups in total. The van der Waals surface area contributed by atoms with E-state index in [1.54, 1.807) is 35.9 Å². The molecule has 2 atom stereocenters. The highest BCUT2D eigenvalue weighted by Gasteiger charge is 2.40. The van der Waals surface area contributed by atoms with Crippen LogP contribution in [-0.4, -0.2) is 41.9 Å². The van der Waals surface area contributed by atoms with E-state index in [4.69, 9.17) is 0 Å². The molecule has 1 fully saturated rings. The van der Waals surface area contributed by atoms with Gasteiger partial charge >= 0.3 is 0 Å². The van der Waals surface area contributed by atoms with Gasteiger partial charge in [-0.3, -0.25) is 0 Å². The summed E-state index contributed by atoms with van der Waals surface area (Å²) >= 11 is 0. The maximum Gasteiger partial charge on any atom is 0.262 e. The number of sulfonamides is 1. The molecule has 6 nitrogen and oxygen atoms in total. The summed E-state index contributed by atoms with van der Waals surface area (Å²) in [7, 11) is -2.02. The molecule has 0 radical (unpaired) electrons. The van der Waals surface area contributed by atoms with Gasteiger partial charge in [-0.2, -0.15) is 4.31 Å². The fraction of sp³-hybridized carbons (Fsp3) is 0.286. The van der Waals surface area contributed by atoms with E-state index in [2.05, 4.69) is 10.3 Å². The minimum Gasteiger partial charge on any atom is -0.385 e. The minimum atomic E-state index is -3.74. The topological polar surface area (TPSA) is 67.2 Å². The van der Waals surface area contributed by atoms with Crippen molar-refractivity contribution in [3.8, 4) is 0 Å². The number of halogens is 2. The summed E-state index contributed by atoms with van der Waals surface area (Å²) in [5.74, 6) is -0.829. The van der Waals surface area contributed by atoms with E-state index in [0.717, 1.165) is 11.3 Å². The molecular weight excluding hydrogens is 410 g/mol. The van der Waals surface area contributed by atoms with Gasteiger partial charge in [-0.1, -0.05) is 12.1 Å². The molecule has 9 heteroatoms. The zero-order chi connectivity index (χ0) is 21.3. The number of nitrogens with one attached hydrogen (secondary N) is 1. The number of aromatic nitrogens is 2. The lowest BCUT2D eigenvalue weighted by molar-refractivity contribution is 0.459. The first-order valence-corrected chi connectivity index (χ1v) is 11.0. The Hall–Kier alpha value is -2.78. The fourth-order valence-electron chi connectivity index (χ4n) is 3.79. The van der Waals surface area contributed by atoms with E-state index in [1.165, 1.54) is 41.1 Å². The van der Waals surface area contributed by atoms with Crippen molar-refractivity contribution >= 4 is 15.7 Å². The number of benzene rings is 2. The van der Waals surface area contributed by atoms with Crippen LogP contribution in [0.5, 0.6) is 0 Å². The van der Waals surface area contributed by atoms with Gasteiger partial charge in [-0.05, 0) is 47.9 Å². The smallest absolute Gasteiger partial charge is 0.262 e. The van der Waals surface area contributed by atoms with Gasteiger partial charge in [-0.25, -0.2) is 22.2 Å². The Labute approximate surface area is 174 Å². The van der Waals surface area contributed by atoms with E-state index in [0.29, 0.717) is 13.1 Å². The second-order valence-corrected chi connectivity index (χ2v) is 9.39. The highest BCUT2D eigenvalue weighted by atomic mass is 32.2. The van der Waals surface area contributed by atoms with E-state index < -0.39 is 10.0 Å². The Morgan fingerprint density at radius 2 is 1.67 bits per heavy atom. The zero-order valence-corrected chi connectivity index (χ0v) is 17.2. The molecule has 4 rings (SSSR count). The first kappa shape index (κ1) is 20.5. The van der Waals surface area contributed by atoms with Crippen LogP contribution in [0.3, 0.4) is 0 Å². The van der Waals surface area contributed by atoms with Crippen molar-refractivity contribution in [1.82, 2.24) is 13.9 Å². The molecule has 0 spiro atoms. The van der Waals surface area contributed by atoms with Crippen LogP contribution in [0.1, 0.15) is 11.5 Å². The Bertz CT molecular complexity index is 1110. The summed E-state index contributed by atoms with van der Waals surface area (Å²) in [5.41, 5.74) is 1.63. The summed E-state index contributed by atoms with van der Waals surface area (Å²) in [5, 5.41) is 3.27. The Morgan fingerprint density at radius 3 is 2.27 bits per heavy atom. The Morgan fingerprint density at radius 1 is 1.03 bits per heavy atom. The van der Waals surface area contributed by atoms with Gasteiger partial charge < -0.3 is 9.88 Å². The van der Waals surface area contributed by atoms with E-state index in [9.17, 15) is 17.2 Å². The minimum absolute atomic E-state index is 0.00926. The zero-order valence-electron chi connectivity index (χ0n) is 16.4. The normalized spacial score (nSPS) is 19.8. The molecule has 0 aliphatic carbocycles. The monoisotopic (exact) mass is 432 g/mol. The van der Waals surface area contributed by atoms with Crippen molar-refractivity contribution in [2.45, 2.75) is 10.9 Å². The molecule has 1 aliphatic rings. The van der Waals surface area contributed by atoms with Gasteiger partial charge in [-0.15, -0.1) is 0 Å². The van der Waals surface area contributed by atoms with Crippen molar-refractivity contribution in [2.75, 3.05) is 25.0 Å². The van der Waals surface area contributed by atoms with Crippen LogP contribution in [-0.2, 0) is 17.1 Å². The molecule has 1 aliphatic heterocycles. The maximum absolute atomic E-state index is 13.4. The molecule has 1 saturated heterocycles. The third-order valence-corrected chi connectivity index (χ3v) is 7.12. The molecule has 1 aromatic heterocycles. The lowest BCUT2D eigenvalue weighted by Gasteiger charge is -2.20. The van der Waals surface area contributed by atoms with Crippen LogP contribution in [0.15, 0.2) is 66.1 Å². The number of aryl methyl sites for hydroxylation is 1. The molecule has 2 heterocycles. The second kappa shape index (κ2) is 8.16. The summed E-state index contributed by atoms with van der Waals surface area (Å²) in [6.07, 6.45) is 2.93. The number of anilines is 1. The van der Waals surface area contributed by atoms with Crippen LogP contribution < -0.4 is 5.32 Å². The van der Waals surface area contributed by atoms with E-state index in [1.807, 2.05) is 0 Å². The lowest BCUT2D eigenvalue weighted by atomic mass is 9.89. The maximum atomic E-state index is 13.4. The fourth-order valence-corrected chi connectivity index (χ4v) is 5.28. The van der Waals surface area contributed by atoms with Crippen LogP contribution in [0.2, 0.25) is 0 Å². The van der Waals surface area contributed by atoms with Crippen molar-refractivity contribution in [3.63, 3.8) is 0 Å². The largest absolute Gasteiger partial charge is 0.385 e. The number of hydrogen-bond acceptors (Lipinski definition) is 4. The van der Waals surface area contributed by atoms with Crippen molar-refractivity contribution in [2.24, 2.45) is 13.0 Å². The van der Waals surface area contributed by atoms with Crippen molar-refractivity contribution in [3.05, 3.63) is 78.3 Å². The Balaban J connectivity index is 1.58. The molecule has 2 aromatic carbocycles. The second-order valence-electron chi connectivity index (χ2n) is 7.51. The summed E-state index contributed by atoms with van der Waals surface area (Å²) < 4.78 is 55.7. The average Bonchev–Trinajstić information content (AvgIpc) is 3.35. The van der Waals surface area contributed by atoms with Crippen LogP contribution in [0.25, 0.3) is 0 Å². The molecule has 0 unspecified atom stereocenters. The molecule has 0 amide bonds. The van der Waals surface area contributed by atoms with Crippen LogP contribution >= 0.6 is 0 Å². The molecule has 158 valence electrons. The summed E-state index contributed by atoms with van der Waals surface area (Å²) in [4.78, 5) is 4.00. The standard InChI is InChI=1S/C21H22F2N4O2S/c1-26-13-21(25-14-26)30(28,29)27-11-16(10-24-19-8-6-18(23)7-9-19)20(12-27)15-2-4-17(22)5-3-15/h2-9,13-14,16,20,24H,10-12H2,1H3/t16-,20+/m0/s1. The van der Waals surface area contributed by atoms with Gasteiger partial charge in [0, 0.05) is 44.5 Å². The van der Waals surface area contributed by atoms with Gasteiger partial charge in [0.15, 0.2) is 5.03 Å². The summed E-state index contributed by atoms with van der Waals surface area (Å²) in [6, 6.07) is 12.2. The van der Waals surface area contributed by atoms with E-state index >= 15 is 0 Å².